The van der Waals surface area contributed by atoms with Crippen LogP contribution in [0.5, 0.6) is 0 Å². The van der Waals surface area contributed by atoms with E-state index >= 15 is 0 Å². The molecule has 0 aromatic heterocycles. The van der Waals surface area contributed by atoms with Crippen molar-refractivity contribution in [3.8, 4) is 0 Å². The summed E-state index contributed by atoms with van der Waals surface area (Å²) >= 11 is 0. The number of esters is 4. The molecule has 0 heterocycles. The highest BCUT2D eigenvalue weighted by Gasteiger charge is 2.60. The molecule has 0 saturated heterocycles. The van der Waals surface area contributed by atoms with Crippen molar-refractivity contribution < 1.29 is 77.6 Å². The predicted molar refractivity (Wildman–Crippen MR) is 105 cm³/mol. The molecule has 0 bridgehead atoms. The second-order valence-electron chi connectivity index (χ2n) is 8.33. The van der Waals surface area contributed by atoms with Crippen molar-refractivity contribution >= 4 is 23.9 Å². The van der Waals surface area contributed by atoms with Gasteiger partial charge in [0.1, 0.15) is 13.2 Å². The van der Waals surface area contributed by atoms with Crippen molar-refractivity contribution in [3.05, 3.63) is 12.2 Å². The van der Waals surface area contributed by atoms with Gasteiger partial charge in [0.15, 0.2) is 6.10 Å². The van der Waals surface area contributed by atoms with Gasteiger partial charge in [-0.2, -0.15) is 39.5 Å². The second-order valence-corrected chi connectivity index (χ2v) is 8.33. The number of alkyl halides is 9. The monoisotopic (exact) mass is 574 g/mol. The molecule has 8 nitrogen and oxygen atoms in total. The van der Waals surface area contributed by atoms with Crippen molar-refractivity contribution in [2.45, 2.75) is 63.8 Å². The molecule has 1 rings (SSSR count). The number of carbonyl (C=O) groups excluding carboxylic acids is 4. The zero-order chi connectivity index (χ0) is 29.6. The maximum atomic E-state index is 12.8. The second kappa shape index (κ2) is 12.7. The summed E-state index contributed by atoms with van der Waals surface area (Å²) in [7, 11) is 0. The standard InChI is InChI=1S/C21H23F9O8/c1-9(2)14(31)35-6-7-36-16(33)13-8-11(15(32)37-10(3)19(22,23)24)4-5-12(13)17(34)38-18(20(25,26)27)21(28,29)30/h10-13,18H,1,4-8H2,2-3H3. The number of carbonyl (C=O) groups is 4. The minimum Gasteiger partial charge on any atom is -0.462 e. The lowest BCUT2D eigenvalue weighted by molar-refractivity contribution is -0.314. The first-order valence-corrected chi connectivity index (χ1v) is 10.8. The van der Waals surface area contributed by atoms with Gasteiger partial charge in [0.2, 0.25) is 0 Å². The topological polar surface area (TPSA) is 105 Å². The third-order valence-corrected chi connectivity index (χ3v) is 5.28. The van der Waals surface area contributed by atoms with Gasteiger partial charge in [-0.25, -0.2) is 4.79 Å². The highest BCUT2D eigenvalue weighted by Crippen LogP contribution is 2.40. The molecule has 0 amide bonds. The zero-order valence-corrected chi connectivity index (χ0v) is 19.8. The molecule has 38 heavy (non-hydrogen) atoms. The summed E-state index contributed by atoms with van der Waals surface area (Å²) < 4.78 is 132. The van der Waals surface area contributed by atoms with E-state index in [0.29, 0.717) is 6.92 Å². The molecule has 0 aromatic rings. The predicted octanol–water partition coefficient (Wildman–Crippen LogP) is 4.21. The van der Waals surface area contributed by atoms with Gasteiger partial charge in [-0.05, 0) is 33.1 Å². The van der Waals surface area contributed by atoms with Gasteiger partial charge in [0.05, 0.1) is 17.8 Å². The van der Waals surface area contributed by atoms with Crippen LogP contribution in [0.1, 0.15) is 33.1 Å². The molecule has 1 saturated carbocycles. The number of rotatable bonds is 9. The van der Waals surface area contributed by atoms with Crippen LogP contribution in [0.15, 0.2) is 12.2 Å². The van der Waals surface area contributed by atoms with E-state index in [1.807, 2.05) is 0 Å². The van der Waals surface area contributed by atoms with Gasteiger partial charge in [-0.3, -0.25) is 14.4 Å². The summed E-state index contributed by atoms with van der Waals surface area (Å²) in [6.07, 6.45) is -26.2. The lowest BCUT2D eigenvalue weighted by atomic mass is 9.74. The Morgan fingerprint density at radius 3 is 1.76 bits per heavy atom. The molecule has 0 spiro atoms. The highest BCUT2D eigenvalue weighted by molar-refractivity contribution is 5.87. The summed E-state index contributed by atoms with van der Waals surface area (Å²) in [4.78, 5) is 48.4. The third-order valence-electron chi connectivity index (χ3n) is 5.28. The van der Waals surface area contributed by atoms with E-state index < -0.39 is 105 Å². The van der Waals surface area contributed by atoms with Gasteiger partial charge >= 0.3 is 42.4 Å². The minimum absolute atomic E-state index is 0.0234. The minimum atomic E-state index is -6.05. The van der Waals surface area contributed by atoms with Gasteiger partial charge in [-0.15, -0.1) is 0 Å². The first-order valence-electron chi connectivity index (χ1n) is 10.8. The van der Waals surface area contributed by atoms with Crippen LogP contribution in [-0.2, 0) is 38.1 Å². The molecule has 4 unspecified atom stereocenters. The average molecular weight is 574 g/mol. The molecule has 4 atom stereocenters. The molecule has 1 aliphatic carbocycles. The SMILES string of the molecule is C=C(C)C(=O)OCCOC(=O)C1CC(C(=O)OC(C)C(F)(F)F)CCC1C(=O)OC(C(F)(F)F)C(F)(F)F. The number of hydrogen-bond donors (Lipinski definition) is 0. The Morgan fingerprint density at radius 2 is 1.29 bits per heavy atom. The quantitative estimate of drug-likeness (QED) is 0.133. The number of ether oxygens (including phenoxy) is 4. The first kappa shape index (κ1) is 33.0. The van der Waals surface area contributed by atoms with Gasteiger partial charge in [0, 0.05) is 5.57 Å². The highest BCUT2D eigenvalue weighted by atomic mass is 19.4. The maximum absolute atomic E-state index is 12.8. The van der Waals surface area contributed by atoms with Crippen LogP contribution in [0, 0.1) is 17.8 Å². The van der Waals surface area contributed by atoms with Crippen LogP contribution in [0.4, 0.5) is 39.5 Å². The molecular formula is C21H23F9O8. The zero-order valence-electron chi connectivity index (χ0n) is 19.8. The van der Waals surface area contributed by atoms with E-state index in [-0.39, 0.29) is 5.57 Å². The Bertz CT molecular complexity index is 881. The lowest BCUT2D eigenvalue weighted by Gasteiger charge is -2.34. The van der Waals surface area contributed by atoms with E-state index in [9.17, 15) is 58.7 Å². The Balaban J connectivity index is 3.08. The number of halogens is 9. The summed E-state index contributed by atoms with van der Waals surface area (Å²) in [5.74, 6) is -11.2. The van der Waals surface area contributed by atoms with Crippen LogP contribution >= 0.6 is 0 Å². The Kier molecular flexibility index (Phi) is 11.0. The van der Waals surface area contributed by atoms with Crippen LogP contribution in [0.3, 0.4) is 0 Å². The van der Waals surface area contributed by atoms with E-state index in [1.54, 1.807) is 0 Å². The molecule has 218 valence electrons. The van der Waals surface area contributed by atoms with Gasteiger partial charge in [-0.1, -0.05) is 6.58 Å². The number of hydrogen-bond acceptors (Lipinski definition) is 8. The van der Waals surface area contributed by atoms with E-state index in [2.05, 4.69) is 20.8 Å². The maximum Gasteiger partial charge on any atom is 0.434 e. The van der Waals surface area contributed by atoms with Gasteiger partial charge in [0.25, 0.3) is 6.10 Å². The average Bonchev–Trinajstić information content (AvgIpc) is 2.76. The molecular weight excluding hydrogens is 551 g/mol. The van der Waals surface area contributed by atoms with E-state index in [4.69, 9.17) is 4.74 Å². The van der Waals surface area contributed by atoms with Crippen LogP contribution in [0.2, 0.25) is 0 Å². The van der Waals surface area contributed by atoms with Crippen molar-refractivity contribution in [1.29, 1.82) is 0 Å². The van der Waals surface area contributed by atoms with Crippen molar-refractivity contribution in [2.75, 3.05) is 13.2 Å². The molecule has 0 N–H and O–H groups in total. The normalized spacial score (nSPS) is 21.3. The van der Waals surface area contributed by atoms with Crippen LogP contribution < -0.4 is 0 Å². The van der Waals surface area contributed by atoms with Crippen molar-refractivity contribution in [3.63, 3.8) is 0 Å². The molecule has 17 heteroatoms. The largest absolute Gasteiger partial charge is 0.462 e. The first-order chi connectivity index (χ1) is 17.2. The lowest BCUT2D eigenvalue weighted by Crippen LogP contribution is -2.48. The Labute approximate surface area is 209 Å². The summed E-state index contributed by atoms with van der Waals surface area (Å²) in [5.41, 5.74) is -0.0234. The van der Waals surface area contributed by atoms with E-state index in [0.717, 1.165) is 0 Å². The summed E-state index contributed by atoms with van der Waals surface area (Å²) in [6, 6.07) is 0. The van der Waals surface area contributed by atoms with Crippen molar-refractivity contribution in [2.24, 2.45) is 17.8 Å². The fourth-order valence-electron chi connectivity index (χ4n) is 3.29. The molecule has 0 aromatic carbocycles. The van der Waals surface area contributed by atoms with Crippen LogP contribution in [-0.4, -0.2) is 67.8 Å². The fraction of sp³-hybridized carbons (Fsp3) is 0.714. The Morgan fingerprint density at radius 1 is 0.763 bits per heavy atom. The molecule has 1 aliphatic rings. The van der Waals surface area contributed by atoms with Gasteiger partial charge < -0.3 is 18.9 Å². The molecule has 1 fully saturated rings. The fourth-order valence-corrected chi connectivity index (χ4v) is 3.29. The van der Waals surface area contributed by atoms with E-state index in [1.165, 1.54) is 6.92 Å². The molecule has 0 radical (unpaired) electrons. The van der Waals surface area contributed by atoms with Crippen LogP contribution in [0.25, 0.3) is 0 Å². The smallest absolute Gasteiger partial charge is 0.434 e. The summed E-state index contributed by atoms with van der Waals surface area (Å²) in [6.45, 7) is 3.85. The summed E-state index contributed by atoms with van der Waals surface area (Å²) in [5, 5.41) is 0. The third kappa shape index (κ3) is 9.70. The van der Waals surface area contributed by atoms with Crippen molar-refractivity contribution in [1.82, 2.24) is 0 Å². The molecule has 0 aliphatic heterocycles. The Hall–Kier alpha value is -3.01.